The van der Waals surface area contributed by atoms with Crippen LogP contribution < -0.4 is 15.4 Å². The molecule has 1 atom stereocenters. The van der Waals surface area contributed by atoms with Crippen molar-refractivity contribution in [3.63, 3.8) is 0 Å². The summed E-state index contributed by atoms with van der Waals surface area (Å²) in [5.41, 5.74) is 2.18. The third-order valence-corrected chi connectivity index (χ3v) is 5.87. The highest BCUT2D eigenvalue weighted by Gasteiger charge is 2.37. The molecule has 2 aromatic carbocycles. The van der Waals surface area contributed by atoms with E-state index in [1.807, 2.05) is 31.2 Å². The minimum atomic E-state index is -0.904. The summed E-state index contributed by atoms with van der Waals surface area (Å²) in [6.45, 7) is 4.19. The van der Waals surface area contributed by atoms with Crippen LogP contribution in [-0.4, -0.2) is 37.2 Å². The standard InChI is InChI=1S/C26H23N7O4/c1-3-37-19-12-10-17(11-13-19)24-30-26-28-16(2)22(25(34)29-18-7-6-14-27-15-18)23(32(26)31-24)20-8-4-5-9-21(20)33(35)36/h4-15,23H,3H2,1-2H3,(H,29,34)(H,28,30,31). The third-order valence-electron chi connectivity index (χ3n) is 5.87. The zero-order chi connectivity index (χ0) is 25.9. The number of hydrogen-bond acceptors (Lipinski definition) is 8. The summed E-state index contributed by atoms with van der Waals surface area (Å²) < 4.78 is 7.03. The van der Waals surface area contributed by atoms with Crippen LogP contribution in [0, 0.1) is 10.1 Å². The number of pyridine rings is 1. The summed E-state index contributed by atoms with van der Waals surface area (Å²) in [5, 5.41) is 22.6. The Labute approximate surface area is 212 Å². The SMILES string of the molecule is CCOc1ccc(-c2nc3n(n2)C(c2ccccc2[N+](=O)[O-])C(C(=O)Nc2cccnc2)=C(C)N3)cc1. The van der Waals surface area contributed by atoms with Crippen LogP contribution in [0.1, 0.15) is 25.5 Å². The minimum Gasteiger partial charge on any atom is -0.494 e. The Kier molecular flexibility index (Phi) is 6.33. The number of para-hydroxylation sites is 1. The molecule has 0 spiro atoms. The highest BCUT2D eigenvalue weighted by atomic mass is 16.6. The van der Waals surface area contributed by atoms with Crippen LogP contribution in [0.5, 0.6) is 5.75 Å². The van der Waals surface area contributed by atoms with Gasteiger partial charge in [-0.05, 0) is 56.3 Å². The summed E-state index contributed by atoms with van der Waals surface area (Å²) in [6.07, 6.45) is 3.12. The lowest BCUT2D eigenvalue weighted by Crippen LogP contribution is -2.32. The van der Waals surface area contributed by atoms with Crippen LogP contribution in [0.3, 0.4) is 0 Å². The summed E-state index contributed by atoms with van der Waals surface area (Å²) in [5.74, 6) is 1.04. The third kappa shape index (κ3) is 4.61. The van der Waals surface area contributed by atoms with Crippen molar-refractivity contribution in [2.24, 2.45) is 0 Å². The number of nitrogens with zero attached hydrogens (tertiary/aromatic N) is 5. The first-order chi connectivity index (χ1) is 18.0. The molecule has 0 saturated heterocycles. The predicted molar refractivity (Wildman–Crippen MR) is 137 cm³/mol. The molecule has 1 amide bonds. The number of aromatic nitrogens is 4. The van der Waals surface area contributed by atoms with E-state index in [1.165, 1.54) is 16.9 Å². The van der Waals surface area contributed by atoms with Crippen molar-refractivity contribution in [2.75, 3.05) is 17.2 Å². The molecule has 11 heteroatoms. The number of benzene rings is 2. The van der Waals surface area contributed by atoms with E-state index in [1.54, 1.807) is 43.5 Å². The molecule has 1 unspecified atom stereocenters. The van der Waals surface area contributed by atoms with E-state index in [0.29, 0.717) is 35.3 Å². The molecule has 4 aromatic rings. The summed E-state index contributed by atoms with van der Waals surface area (Å²) in [6, 6.07) is 16.1. The topological polar surface area (TPSA) is 137 Å². The molecule has 0 bridgehead atoms. The number of rotatable bonds is 7. The normalized spacial score (nSPS) is 14.5. The van der Waals surface area contributed by atoms with Gasteiger partial charge >= 0.3 is 0 Å². The van der Waals surface area contributed by atoms with Gasteiger partial charge in [0.2, 0.25) is 5.95 Å². The number of nitro benzene ring substituents is 1. The molecule has 2 aromatic heterocycles. The van der Waals surface area contributed by atoms with E-state index in [4.69, 9.17) is 4.74 Å². The summed E-state index contributed by atoms with van der Waals surface area (Å²) in [4.78, 5) is 33.7. The molecule has 5 rings (SSSR count). The quantitative estimate of drug-likeness (QED) is 0.280. The molecular weight excluding hydrogens is 474 g/mol. The fraction of sp³-hybridized carbons (Fsp3) is 0.154. The van der Waals surface area contributed by atoms with Crippen LogP contribution >= 0.6 is 0 Å². The molecule has 0 saturated carbocycles. The lowest BCUT2D eigenvalue weighted by Gasteiger charge is -2.28. The number of ether oxygens (including phenoxy) is 1. The van der Waals surface area contributed by atoms with Gasteiger partial charge in [-0.2, -0.15) is 4.98 Å². The van der Waals surface area contributed by atoms with Gasteiger partial charge in [-0.1, -0.05) is 12.1 Å². The molecule has 37 heavy (non-hydrogen) atoms. The minimum absolute atomic E-state index is 0.127. The number of hydrogen-bond donors (Lipinski definition) is 2. The van der Waals surface area contributed by atoms with Crippen molar-refractivity contribution >= 4 is 23.2 Å². The Morgan fingerprint density at radius 1 is 1.16 bits per heavy atom. The van der Waals surface area contributed by atoms with E-state index >= 15 is 0 Å². The fourth-order valence-electron chi connectivity index (χ4n) is 4.24. The van der Waals surface area contributed by atoms with Gasteiger partial charge in [-0.25, -0.2) is 4.68 Å². The maximum atomic E-state index is 13.5. The second-order valence-electron chi connectivity index (χ2n) is 8.24. The van der Waals surface area contributed by atoms with E-state index in [9.17, 15) is 14.9 Å². The van der Waals surface area contributed by atoms with Crippen LogP contribution in [0.4, 0.5) is 17.3 Å². The average Bonchev–Trinajstić information content (AvgIpc) is 3.32. The first kappa shape index (κ1) is 23.7. The van der Waals surface area contributed by atoms with Crippen LogP contribution in [0.2, 0.25) is 0 Å². The number of fused-ring (bicyclic) bond motifs is 1. The van der Waals surface area contributed by atoms with Gasteiger partial charge in [0.1, 0.15) is 11.8 Å². The van der Waals surface area contributed by atoms with Gasteiger partial charge < -0.3 is 15.4 Å². The molecule has 1 aliphatic heterocycles. The number of anilines is 2. The van der Waals surface area contributed by atoms with Crippen LogP contribution in [0.25, 0.3) is 11.4 Å². The van der Waals surface area contributed by atoms with Crippen LogP contribution in [-0.2, 0) is 4.79 Å². The van der Waals surface area contributed by atoms with Gasteiger partial charge in [0.25, 0.3) is 11.6 Å². The Bertz CT molecular complexity index is 1500. The summed E-state index contributed by atoms with van der Waals surface area (Å²) in [7, 11) is 0. The number of allylic oxidation sites excluding steroid dienone is 1. The molecular formula is C26H23N7O4. The molecule has 0 radical (unpaired) electrons. The molecule has 0 aliphatic carbocycles. The van der Waals surface area contributed by atoms with E-state index < -0.39 is 16.9 Å². The number of nitrogens with one attached hydrogen (secondary N) is 2. The lowest BCUT2D eigenvalue weighted by molar-refractivity contribution is -0.385. The highest BCUT2D eigenvalue weighted by molar-refractivity contribution is 6.06. The first-order valence-corrected chi connectivity index (χ1v) is 11.6. The molecule has 1 aliphatic rings. The van der Waals surface area contributed by atoms with Crippen molar-refractivity contribution in [2.45, 2.75) is 19.9 Å². The number of carbonyl (C=O) groups excluding carboxylic acids is 1. The Morgan fingerprint density at radius 2 is 1.95 bits per heavy atom. The Hall–Kier alpha value is -5.06. The lowest BCUT2D eigenvalue weighted by atomic mass is 9.93. The Balaban J connectivity index is 1.62. The predicted octanol–water partition coefficient (Wildman–Crippen LogP) is 4.57. The maximum Gasteiger partial charge on any atom is 0.275 e. The van der Waals surface area contributed by atoms with Crippen molar-refractivity contribution in [1.29, 1.82) is 0 Å². The van der Waals surface area contributed by atoms with Crippen LogP contribution in [0.15, 0.2) is 84.3 Å². The zero-order valence-corrected chi connectivity index (χ0v) is 20.1. The van der Waals surface area contributed by atoms with Gasteiger partial charge in [0, 0.05) is 23.5 Å². The van der Waals surface area contributed by atoms with Crippen molar-refractivity contribution < 1.29 is 14.5 Å². The van der Waals surface area contributed by atoms with Crippen molar-refractivity contribution in [1.82, 2.24) is 19.7 Å². The molecule has 186 valence electrons. The van der Waals surface area contributed by atoms with Crippen molar-refractivity contribution in [3.05, 3.63) is 100 Å². The fourth-order valence-corrected chi connectivity index (χ4v) is 4.24. The van der Waals surface area contributed by atoms with E-state index in [0.717, 1.165) is 11.3 Å². The smallest absolute Gasteiger partial charge is 0.275 e. The monoisotopic (exact) mass is 497 g/mol. The largest absolute Gasteiger partial charge is 0.494 e. The van der Waals surface area contributed by atoms with Gasteiger partial charge in [-0.15, -0.1) is 5.10 Å². The van der Waals surface area contributed by atoms with Gasteiger partial charge in [-0.3, -0.25) is 19.9 Å². The molecule has 11 nitrogen and oxygen atoms in total. The number of amides is 1. The molecule has 3 heterocycles. The van der Waals surface area contributed by atoms with Crippen molar-refractivity contribution in [3.8, 4) is 17.1 Å². The second kappa shape index (κ2) is 9.90. The Morgan fingerprint density at radius 3 is 2.65 bits per heavy atom. The average molecular weight is 498 g/mol. The van der Waals surface area contributed by atoms with E-state index in [2.05, 4.69) is 25.7 Å². The highest BCUT2D eigenvalue weighted by Crippen LogP contribution is 2.40. The maximum absolute atomic E-state index is 13.5. The molecule has 2 N–H and O–H groups in total. The number of carbonyl (C=O) groups is 1. The van der Waals surface area contributed by atoms with Gasteiger partial charge in [0.05, 0.1) is 34.6 Å². The van der Waals surface area contributed by atoms with E-state index in [-0.39, 0.29) is 11.3 Å². The van der Waals surface area contributed by atoms with Gasteiger partial charge in [0.15, 0.2) is 5.82 Å². The zero-order valence-electron chi connectivity index (χ0n) is 20.1. The second-order valence-corrected chi connectivity index (χ2v) is 8.24. The number of nitro groups is 1. The first-order valence-electron chi connectivity index (χ1n) is 11.6. The summed E-state index contributed by atoms with van der Waals surface area (Å²) >= 11 is 0. The molecule has 0 fully saturated rings.